The van der Waals surface area contributed by atoms with E-state index in [4.69, 9.17) is 0 Å². The number of carbonyl (C=O) groups is 1. The number of aromatic amines is 1. The summed E-state index contributed by atoms with van der Waals surface area (Å²) in [4.78, 5) is 14.5. The van der Waals surface area contributed by atoms with Crippen LogP contribution in [0.15, 0.2) is 0 Å². The molecule has 0 radical (unpaired) electrons. The molecule has 1 aliphatic carbocycles. The van der Waals surface area contributed by atoms with Crippen LogP contribution in [0.2, 0.25) is 0 Å². The monoisotopic (exact) mass is 290 g/mol. The maximum atomic E-state index is 12.4. The lowest BCUT2D eigenvalue weighted by molar-refractivity contribution is -0.121. The van der Waals surface area contributed by atoms with Crippen LogP contribution in [0, 0.1) is 12.8 Å². The molecular formula is C16H26N4O. The van der Waals surface area contributed by atoms with Gasteiger partial charge in [-0.15, -0.1) is 0 Å². The van der Waals surface area contributed by atoms with E-state index in [-0.39, 0.29) is 5.91 Å². The molecule has 2 unspecified atom stereocenters. The van der Waals surface area contributed by atoms with Gasteiger partial charge in [0.2, 0.25) is 5.91 Å². The quantitative estimate of drug-likeness (QED) is 0.897. The molecule has 0 spiro atoms. The van der Waals surface area contributed by atoms with Crippen LogP contribution in [-0.4, -0.2) is 35.2 Å². The smallest absolute Gasteiger partial charge is 0.239 e. The summed E-state index contributed by atoms with van der Waals surface area (Å²) in [6.07, 6.45) is 7.06. The molecule has 3 rings (SSSR count). The van der Waals surface area contributed by atoms with Crippen LogP contribution in [0.3, 0.4) is 0 Å². The van der Waals surface area contributed by atoms with Gasteiger partial charge in [0.15, 0.2) is 5.82 Å². The van der Waals surface area contributed by atoms with E-state index in [2.05, 4.69) is 34.3 Å². The van der Waals surface area contributed by atoms with Gasteiger partial charge in [-0.1, -0.05) is 19.8 Å². The minimum absolute atomic E-state index is 0.141. The third-order valence-electron chi connectivity index (χ3n) is 5.00. The Labute approximate surface area is 126 Å². The average Bonchev–Trinajstić information content (AvgIpc) is 2.84. The van der Waals surface area contributed by atoms with E-state index in [1.54, 1.807) is 0 Å². The van der Waals surface area contributed by atoms with Crippen LogP contribution in [0.25, 0.3) is 0 Å². The molecule has 116 valence electrons. The van der Waals surface area contributed by atoms with Gasteiger partial charge in [-0.3, -0.25) is 9.89 Å². The molecule has 5 heteroatoms. The molecule has 2 N–H and O–H groups in total. The second kappa shape index (κ2) is 6.08. The predicted octanol–water partition coefficient (Wildman–Crippen LogP) is 2.17. The van der Waals surface area contributed by atoms with Crippen molar-refractivity contribution >= 4 is 11.7 Å². The number of rotatable bonds is 3. The highest BCUT2D eigenvalue weighted by Crippen LogP contribution is 2.27. The van der Waals surface area contributed by atoms with Gasteiger partial charge in [0.05, 0.1) is 6.54 Å². The zero-order valence-electron chi connectivity index (χ0n) is 13.1. The molecule has 0 aromatic carbocycles. The number of amides is 1. The van der Waals surface area contributed by atoms with E-state index >= 15 is 0 Å². The largest absolute Gasteiger partial charge is 0.352 e. The van der Waals surface area contributed by atoms with Crippen LogP contribution in [0.1, 0.15) is 50.3 Å². The Bertz CT molecular complexity index is 510. The van der Waals surface area contributed by atoms with Gasteiger partial charge in [0.1, 0.15) is 0 Å². The summed E-state index contributed by atoms with van der Waals surface area (Å²) in [5.74, 6) is 1.72. The van der Waals surface area contributed by atoms with Crippen molar-refractivity contribution in [2.45, 2.75) is 58.4 Å². The number of carbonyl (C=O) groups excluding carboxylic acids is 1. The number of hydrogen-bond donors (Lipinski definition) is 2. The van der Waals surface area contributed by atoms with E-state index in [1.807, 2.05) is 0 Å². The highest BCUT2D eigenvalue weighted by Gasteiger charge is 2.26. The van der Waals surface area contributed by atoms with Crippen molar-refractivity contribution < 1.29 is 4.79 Å². The van der Waals surface area contributed by atoms with E-state index in [9.17, 15) is 4.79 Å². The third-order valence-corrected chi connectivity index (χ3v) is 5.00. The maximum Gasteiger partial charge on any atom is 0.239 e. The number of hydrogen-bond acceptors (Lipinski definition) is 3. The number of aryl methyl sites for hydroxylation is 1. The maximum absolute atomic E-state index is 12.4. The molecule has 1 aromatic heterocycles. The lowest BCUT2D eigenvalue weighted by Gasteiger charge is -2.31. The molecule has 2 heterocycles. The molecule has 1 aromatic rings. The summed E-state index contributed by atoms with van der Waals surface area (Å²) < 4.78 is 0. The minimum Gasteiger partial charge on any atom is -0.352 e. The van der Waals surface area contributed by atoms with Gasteiger partial charge in [0.25, 0.3) is 0 Å². The highest BCUT2D eigenvalue weighted by molar-refractivity contribution is 5.81. The van der Waals surface area contributed by atoms with E-state index in [1.165, 1.54) is 24.8 Å². The molecule has 21 heavy (non-hydrogen) atoms. The first-order valence-corrected chi connectivity index (χ1v) is 8.23. The molecule has 1 saturated carbocycles. The zero-order valence-corrected chi connectivity index (χ0v) is 13.1. The summed E-state index contributed by atoms with van der Waals surface area (Å²) in [6.45, 7) is 5.66. The first-order valence-electron chi connectivity index (χ1n) is 8.23. The first kappa shape index (κ1) is 14.4. The van der Waals surface area contributed by atoms with Crippen molar-refractivity contribution in [2.24, 2.45) is 5.92 Å². The first-order chi connectivity index (χ1) is 10.1. The zero-order chi connectivity index (χ0) is 14.8. The Morgan fingerprint density at radius 1 is 1.38 bits per heavy atom. The molecule has 2 atom stereocenters. The predicted molar refractivity (Wildman–Crippen MR) is 83.4 cm³/mol. The number of anilines is 1. The fourth-order valence-electron chi connectivity index (χ4n) is 3.66. The molecule has 1 fully saturated rings. The fraction of sp³-hybridized carbons (Fsp3) is 0.750. The van der Waals surface area contributed by atoms with Gasteiger partial charge in [-0.2, -0.15) is 5.10 Å². The lowest BCUT2D eigenvalue weighted by atomic mass is 9.86. The Morgan fingerprint density at radius 2 is 2.19 bits per heavy atom. The number of H-pyrrole nitrogens is 1. The number of nitrogens with one attached hydrogen (secondary N) is 2. The van der Waals surface area contributed by atoms with Crippen molar-refractivity contribution in [3.05, 3.63) is 11.3 Å². The van der Waals surface area contributed by atoms with E-state index in [0.717, 1.165) is 37.3 Å². The Balaban J connectivity index is 1.60. The van der Waals surface area contributed by atoms with E-state index < -0.39 is 0 Å². The SMILES string of the molecule is Cc1[nH]nc2c1CCCN2CC(=O)NC1CCCCC1C. The summed E-state index contributed by atoms with van der Waals surface area (Å²) >= 11 is 0. The van der Waals surface area contributed by atoms with Crippen molar-refractivity contribution in [3.63, 3.8) is 0 Å². The molecule has 1 amide bonds. The summed E-state index contributed by atoms with van der Waals surface area (Å²) in [6, 6.07) is 0.358. The van der Waals surface area contributed by atoms with Gasteiger partial charge >= 0.3 is 0 Å². The van der Waals surface area contributed by atoms with Crippen molar-refractivity contribution in [3.8, 4) is 0 Å². The van der Waals surface area contributed by atoms with Gasteiger partial charge in [-0.05, 0) is 38.5 Å². The summed E-state index contributed by atoms with van der Waals surface area (Å²) in [7, 11) is 0. The Morgan fingerprint density at radius 3 is 3.00 bits per heavy atom. The van der Waals surface area contributed by atoms with E-state index in [0.29, 0.717) is 18.5 Å². The average molecular weight is 290 g/mol. The molecule has 0 saturated heterocycles. The number of fused-ring (bicyclic) bond motifs is 1. The lowest BCUT2D eigenvalue weighted by Crippen LogP contribution is -2.46. The normalized spacial score (nSPS) is 25.5. The second-order valence-corrected chi connectivity index (χ2v) is 6.61. The van der Waals surface area contributed by atoms with Gasteiger partial charge in [-0.25, -0.2) is 0 Å². The van der Waals surface area contributed by atoms with Crippen LogP contribution in [0.4, 0.5) is 5.82 Å². The highest BCUT2D eigenvalue weighted by atomic mass is 16.2. The Kier molecular flexibility index (Phi) is 4.17. The van der Waals surface area contributed by atoms with Crippen LogP contribution in [0.5, 0.6) is 0 Å². The van der Waals surface area contributed by atoms with Gasteiger partial charge in [0, 0.05) is 23.8 Å². The number of aromatic nitrogens is 2. The number of nitrogens with zero attached hydrogens (tertiary/aromatic N) is 2. The Hall–Kier alpha value is -1.52. The summed E-state index contributed by atoms with van der Waals surface area (Å²) in [5, 5.41) is 10.7. The van der Waals surface area contributed by atoms with Crippen molar-refractivity contribution in [1.82, 2.24) is 15.5 Å². The van der Waals surface area contributed by atoms with Crippen LogP contribution >= 0.6 is 0 Å². The summed E-state index contributed by atoms with van der Waals surface area (Å²) in [5.41, 5.74) is 2.41. The topological polar surface area (TPSA) is 61.0 Å². The van der Waals surface area contributed by atoms with Crippen LogP contribution < -0.4 is 10.2 Å². The van der Waals surface area contributed by atoms with Crippen molar-refractivity contribution in [2.75, 3.05) is 18.0 Å². The van der Waals surface area contributed by atoms with Crippen LogP contribution in [-0.2, 0) is 11.2 Å². The molecule has 2 aliphatic rings. The van der Waals surface area contributed by atoms with Gasteiger partial charge < -0.3 is 10.2 Å². The molecule has 0 bridgehead atoms. The van der Waals surface area contributed by atoms with Crippen molar-refractivity contribution in [1.29, 1.82) is 0 Å². The fourth-order valence-corrected chi connectivity index (χ4v) is 3.66. The molecular weight excluding hydrogens is 264 g/mol. The molecule has 5 nitrogen and oxygen atoms in total. The second-order valence-electron chi connectivity index (χ2n) is 6.61. The third kappa shape index (κ3) is 3.06. The minimum atomic E-state index is 0.141. The molecule has 1 aliphatic heterocycles. The standard InChI is InChI=1S/C16H26N4O/c1-11-6-3-4-8-14(11)17-15(21)10-20-9-5-7-13-12(2)18-19-16(13)20/h11,14H,3-10H2,1-2H3,(H,17,21)(H,18,19).